The fourth-order valence-corrected chi connectivity index (χ4v) is 2.67. The molecule has 0 atom stereocenters. The maximum absolute atomic E-state index is 13.4. The molecule has 3 rings (SSSR count). The minimum Gasteiger partial charge on any atom is -0.315 e. The second-order valence-electron chi connectivity index (χ2n) is 6.03. The Kier molecular flexibility index (Phi) is 5.32. The van der Waals surface area contributed by atoms with Crippen LogP contribution < -0.4 is 10.7 Å². The monoisotopic (exact) mass is 419 g/mol. The van der Waals surface area contributed by atoms with Crippen LogP contribution in [0.25, 0.3) is 5.69 Å². The molecule has 2 heterocycles. The van der Waals surface area contributed by atoms with Crippen LogP contribution in [0.1, 0.15) is 21.7 Å². The summed E-state index contributed by atoms with van der Waals surface area (Å²) in [5.41, 5.74) is -3.70. The lowest BCUT2D eigenvalue weighted by atomic mass is 10.1. The van der Waals surface area contributed by atoms with Gasteiger partial charge in [-0.15, -0.1) is 0 Å². The van der Waals surface area contributed by atoms with E-state index in [0.717, 1.165) is 35.1 Å². The van der Waals surface area contributed by atoms with Crippen molar-refractivity contribution in [2.24, 2.45) is 0 Å². The van der Waals surface area contributed by atoms with E-state index in [2.05, 4.69) is 15.4 Å². The number of benzene rings is 1. The lowest BCUT2D eigenvalue weighted by molar-refractivity contribution is -0.384. The van der Waals surface area contributed by atoms with Gasteiger partial charge in [-0.3, -0.25) is 24.7 Å². The predicted octanol–water partition coefficient (Wildman–Crippen LogP) is 3.12. The van der Waals surface area contributed by atoms with E-state index in [-0.39, 0.29) is 17.1 Å². The van der Waals surface area contributed by atoms with Crippen LogP contribution in [0.4, 0.5) is 24.5 Å². The van der Waals surface area contributed by atoms with Crippen molar-refractivity contribution in [3.63, 3.8) is 0 Å². The molecule has 0 aliphatic heterocycles. The Morgan fingerprint density at radius 1 is 1.23 bits per heavy atom. The van der Waals surface area contributed by atoms with Crippen molar-refractivity contribution in [1.82, 2.24) is 14.8 Å². The zero-order valence-corrected chi connectivity index (χ0v) is 15.2. The lowest BCUT2D eigenvalue weighted by Crippen LogP contribution is -2.27. The van der Waals surface area contributed by atoms with Crippen LogP contribution in [0.5, 0.6) is 0 Å². The number of hydrogen-bond donors (Lipinski definition) is 1. The van der Waals surface area contributed by atoms with E-state index in [1.165, 1.54) is 25.3 Å². The third-order valence-electron chi connectivity index (χ3n) is 4.01. The summed E-state index contributed by atoms with van der Waals surface area (Å²) in [6.45, 7) is 1.36. The zero-order valence-electron chi connectivity index (χ0n) is 15.2. The number of nitrogens with one attached hydrogen (secondary N) is 1. The van der Waals surface area contributed by atoms with Crippen LogP contribution in [0, 0.1) is 17.0 Å². The van der Waals surface area contributed by atoms with Crippen molar-refractivity contribution in [1.29, 1.82) is 0 Å². The zero-order chi connectivity index (χ0) is 22.1. The lowest BCUT2D eigenvalue weighted by Gasteiger charge is -2.16. The number of aromatic nitrogens is 3. The second-order valence-corrected chi connectivity index (χ2v) is 6.03. The number of halogens is 3. The fourth-order valence-electron chi connectivity index (χ4n) is 2.67. The van der Waals surface area contributed by atoms with E-state index in [0.29, 0.717) is 0 Å². The van der Waals surface area contributed by atoms with Crippen molar-refractivity contribution in [2.75, 3.05) is 5.32 Å². The van der Waals surface area contributed by atoms with Crippen molar-refractivity contribution < 1.29 is 22.9 Å². The highest BCUT2D eigenvalue weighted by molar-refractivity contribution is 6.03. The Bertz CT molecular complexity index is 1210. The molecule has 154 valence electrons. The molecule has 0 unspecified atom stereocenters. The number of anilines is 1. The number of para-hydroxylation sites is 1. The van der Waals surface area contributed by atoms with Crippen LogP contribution in [-0.2, 0) is 6.18 Å². The fraction of sp³-hybridized carbons (Fsp3) is 0.111. The summed E-state index contributed by atoms with van der Waals surface area (Å²) in [7, 11) is 0. The molecule has 0 radical (unpaired) electrons. The van der Waals surface area contributed by atoms with Gasteiger partial charge in [0.05, 0.1) is 16.2 Å². The Labute approximate surface area is 166 Å². The van der Waals surface area contributed by atoms with Crippen LogP contribution in [-0.4, -0.2) is 25.6 Å². The Balaban J connectivity index is 2.09. The topological polar surface area (TPSA) is 120 Å². The molecule has 2 aromatic heterocycles. The molecular weight excluding hydrogens is 407 g/mol. The summed E-state index contributed by atoms with van der Waals surface area (Å²) >= 11 is 0. The molecule has 9 nitrogen and oxygen atoms in total. The summed E-state index contributed by atoms with van der Waals surface area (Å²) in [5, 5.41) is 17.0. The molecule has 0 aliphatic carbocycles. The largest absolute Gasteiger partial charge is 0.418 e. The van der Waals surface area contributed by atoms with Crippen LogP contribution in [0.15, 0.2) is 53.6 Å². The number of nitro groups is 1. The Hall–Kier alpha value is -4.09. The molecule has 0 fully saturated rings. The van der Waals surface area contributed by atoms with Gasteiger partial charge in [0, 0.05) is 18.0 Å². The number of carbonyl (C=O) groups excluding carboxylic acids is 1. The number of alkyl halides is 3. The number of amides is 1. The number of pyridine rings is 1. The molecule has 0 spiro atoms. The summed E-state index contributed by atoms with van der Waals surface area (Å²) in [5.74, 6) is -1.12. The molecule has 30 heavy (non-hydrogen) atoms. The highest BCUT2D eigenvalue weighted by atomic mass is 19.4. The van der Waals surface area contributed by atoms with Crippen LogP contribution in [0.2, 0.25) is 0 Å². The van der Waals surface area contributed by atoms with Gasteiger partial charge in [0.25, 0.3) is 5.91 Å². The molecule has 0 bridgehead atoms. The molecule has 12 heteroatoms. The second kappa shape index (κ2) is 7.73. The predicted molar refractivity (Wildman–Crippen MR) is 98.4 cm³/mol. The molecule has 1 N–H and O–H groups in total. The van der Waals surface area contributed by atoms with Crippen molar-refractivity contribution >= 4 is 17.3 Å². The standard InChI is InChI=1S/C18H12F3N5O4/c1-10-8-15(27)16(17(28)23-12-6-7-22-9-14(12)26(29)30)24-25(10)13-5-3-2-4-11(13)18(19,20)21/h2-9H,1H3,(H,22,23,28). The van der Waals surface area contributed by atoms with Gasteiger partial charge in [-0.25, -0.2) is 4.68 Å². The van der Waals surface area contributed by atoms with Gasteiger partial charge >= 0.3 is 11.9 Å². The average molecular weight is 419 g/mol. The van der Waals surface area contributed by atoms with Crippen LogP contribution in [0.3, 0.4) is 0 Å². The highest BCUT2D eigenvalue weighted by Gasteiger charge is 2.34. The summed E-state index contributed by atoms with van der Waals surface area (Å²) < 4.78 is 40.9. The highest BCUT2D eigenvalue weighted by Crippen LogP contribution is 2.33. The van der Waals surface area contributed by atoms with E-state index in [9.17, 15) is 32.9 Å². The first kappa shape index (κ1) is 20.6. The Morgan fingerprint density at radius 3 is 2.60 bits per heavy atom. The minimum absolute atomic E-state index is 0.0585. The van der Waals surface area contributed by atoms with Crippen molar-refractivity contribution in [3.8, 4) is 5.69 Å². The average Bonchev–Trinajstić information content (AvgIpc) is 2.67. The van der Waals surface area contributed by atoms with Gasteiger partial charge in [0.1, 0.15) is 11.9 Å². The van der Waals surface area contributed by atoms with Gasteiger partial charge in [-0.2, -0.15) is 18.3 Å². The molecule has 1 aromatic carbocycles. The van der Waals surface area contributed by atoms with E-state index < -0.39 is 39.4 Å². The van der Waals surface area contributed by atoms with E-state index in [4.69, 9.17) is 0 Å². The number of rotatable bonds is 4. The van der Waals surface area contributed by atoms with Gasteiger partial charge in [-0.05, 0) is 25.1 Å². The third-order valence-corrected chi connectivity index (χ3v) is 4.01. The van der Waals surface area contributed by atoms with E-state index in [1.54, 1.807) is 0 Å². The minimum atomic E-state index is -4.70. The van der Waals surface area contributed by atoms with Gasteiger partial charge in [-0.1, -0.05) is 12.1 Å². The van der Waals surface area contributed by atoms with Crippen molar-refractivity contribution in [2.45, 2.75) is 13.1 Å². The quantitative estimate of drug-likeness (QED) is 0.513. The van der Waals surface area contributed by atoms with Gasteiger partial charge < -0.3 is 5.32 Å². The summed E-state index contributed by atoms with van der Waals surface area (Å²) in [6.07, 6.45) is -2.62. The van der Waals surface area contributed by atoms with Gasteiger partial charge in [0.2, 0.25) is 5.43 Å². The maximum Gasteiger partial charge on any atom is 0.418 e. The molecule has 0 aliphatic rings. The van der Waals surface area contributed by atoms with Crippen LogP contribution >= 0.6 is 0 Å². The van der Waals surface area contributed by atoms with Crippen molar-refractivity contribution in [3.05, 3.63) is 86.1 Å². The van der Waals surface area contributed by atoms with E-state index in [1.807, 2.05) is 0 Å². The summed E-state index contributed by atoms with van der Waals surface area (Å²) in [6, 6.07) is 6.62. The number of hydrogen-bond acceptors (Lipinski definition) is 6. The number of carbonyl (C=O) groups is 1. The smallest absolute Gasteiger partial charge is 0.315 e. The first-order chi connectivity index (χ1) is 14.1. The normalized spacial score (nSPS) is 11.2. The molecular formula is C18H12F3N5O4. The van der Waals surface area contributed by atoms with Gasteiger partial charge in [0.15, 0.2) is 5.69 Å². The Morgan fingerprint density at radius 2 is 1.93 bits per heavy atom. The molecule has 3 aromatic rings. The number of nitrogens with zero attached hydrogens (tertiary/aromatic N) is 4. The first-order valence-electron chi connectivity index (χ1n) is 8.27. The third kappa shape index (κ3) is 4.01. The molecule has 0 saturated carbocycles. The van der Waals surface area contributed by atoms with E-state index >= 15 is 0 Å². The summed E-state index contributed by atoms with van der Waals surface area (Å²) in [4.78, 5) is 38.6. The molecule has 1 amide bonds. The maximum atomic E-state index is 13.4. The SMILES string of the molecule is Cc1cc(=O)c(C(=O)Nc2ccncc2[N+](=O)[O-])nn1-c1ccccc1C(F)(F)F. The molecule has 0 saturated heterocycles. The first-order valence-corrected chi connectivity index (χ1v) is 8.27. The number of aryl methyl sites for hydroxylation is 1.